The van der Waals surface area contributed by atoms with E-state index in [2.05, 4.69) is 9.97 Å². The SMILES string of the molecule is Cn1c(CCO)nc2cnccc21. The number of imidazole rings is 1. The second-order valence-corrected chi connectivity index (χ2v) is 2.93. The van der Waals surface area contributed by atoms with Crippen molar-refractivity contribution in [3.8, 4) is 0 Å². The van der Waals surface area contributed by atoms with Crippen LogP contribution < -0.4 is 0 Å². The van der Waals surface area contributed by atoms with E-state index in [0.717, 1.165) is 16.9 Å². The lowest BCUT2D eigenvalue weighted by molar-refractivity contribution is 0.295. The molecule has 0 aromatic carbocycles. The van der Waals surface area contributed by atoms with Crippen molar-refractivity contribution in [2.75, 3.05) is 6.61 Å². The number of fused-ring (bicyclic) bond motifs is 1. The summed E-state index contributed by atoms with van der Waals surface area (Å²) in [6.07, 6.45) is 4.06. The number of aliphatic hydroxyl groups excluding tert-OH is 1. The standard InChI is InChI=1S/C9H11N3O/c1-12-8-2-4-10-6-7(8)11-9(12)3-5-13/h2,4,6,13H,3,5H2,1H3. The largest absolute Gasteiger partial charge is 0.396 e. The van der Waals surface area contributed by atoms with Gasteiger partial charge in [-0.2, -0.15) is 0 Å². The van der Waals surface area contributed by atoms with Crippen LogP contribution in [0.5, 0.6) is 0 Å². The molecular formula is C9H11N3O. The molecular weight excluding hydrogens is 166 g/mol. The summed E-state index contributed by atoms with van der Waals surface area (Å²) in [6, 6.07) is 1.92. The maximum Gasteiger partial charge on any atom is 0.111 e. The summed E-state index contributed by atoms with van der Waals surface area (Å²) in [6.45, 7) is 0.130. The maximum atomic E-state index is 8.80. The Bertz CT molecular complexity index is 422. The van der Waals surface area contributed by atoms with Crippen molar-refractivity contribution in [3.63, 3.8) is 0 Å². The lowest BCUT2D eigenvalue weighted by Gasteiger charge is -1.98. The molecule has 68 valence electrons. The third-order valence-corrected chi connectivity index (χ3v) is 2.11. The van der Waals surface area contributed by atoms with Crippen LogP contribution >= 0.6 is 0 Å². The molecule has 0 bridgehead atoms. The first kappa shape index (κ1) is 8.19. The van der Waals surface area contributed by atoms with E-state index in [0.29, 0.717) is 6.42 Å². The van der Waals surface area contributed by atoms with E-state index < -0.39 is 0 Å². The third kappa shape index (κ3) is 1.29. The Hall–Kier alpha value is -1.42. The topological polar surface area (TPSA) is 50.9 Å². The van der Waals surface area contributed by atoms with Crippen LogP contribution in [-0.2, 0) is 13.5 Å². The Morgan fingerprint density at radius 3 is 3.08 bits per heavy atom. The maximum absolute atomic E-state index is 8.80. The van der Waals surface area contributed by atoms with Crippen LogP contribution in [0.25, 0.3) is 11.0 Å². The lowest BCUT2D eigenvalue weighted by Crippen LogP contribution is -2.00. The Labute approximate surface area is 75.9 Å². The van der Waals surface area contributed by atoms with E-state index in [1.54, 1.807) is 12.4 Å². The summed E-state index contributed by atoms with van der Waals surface area (Å²) in [5.74, 6) is 0.894. The quantitative estimate of drug-likeness (QED) is 0.726. The van der Waals surface area contributed by atoms with Crippen LogP contribution in [-0.4, -0.2) is 26.2 Å². The van der Waals surface area contributed by atoms with Gasteiger partial charge >= 0.3 is 0 Å². The van der Waals surface area contributed by atoms with Gasteiger partial charge in [-0.25, -0.2) is 4.98 Å². The molecule has 2 aromatic heterocycles. The van der Waals surface area contributed by atoms with Gasteiger partial charge in [-0.1, -0.05) is 0 Å². The molecule has 13 heavy (non-hydrogen) atoms. The molecule has 0 atom stereocenters. The fraction of sp³-hybridized carbons (Fsp3) is 0.333. The number of pyridine rings is 1. The highest BCUT2D eigenvalue weighted by Crippen LogP contribution is 2.12. The summed E-state index contributed by atoms with van der Waals surface area (Å²) in [4.78, 5) is 8.33. The summed E-state index contributed by atoms with van der Waals surface area (Å²) < 4.78 is 1.98. The number of aromatic nitrogens is 3. The molecule has 4 heteroatoms. The van der Waals surface area contributed by atoms with E-state index in [9.17, 15) is 0 Å². The first-order valence-corrected chi connectivity index (χ1v) is 4.19. The molecule has 0 fully saturated rings. The van der Waals surface area contributed by atoms with Gasteiger partial charge in [0.05, 0.1) is 18.3 Å². The van der Waals surface area contributed by atoms with Gasteiger partial charge in [-0.15, -0.1) is 0 Å². The fourth-order valence-corrected chi connectivity index (χ4v) is 1.43. The molecule has 2 aromatic rings. The number of nitrogens with zero attached hydrogens (tertiary/aromatic N) is 3. The average molecular weight is 177 g/mol. The summed E-state index contributed by atoms with van der Waals surface area (Å²) in [5.41, 5.74) is 1.94. The monoisotopic (exact) mass is 177 g/mol. The third-order valence-electron chi connectivity index (χ3n) is 2.11. The zero-order valence-electron chi connectivity index (χ0n) is 7.44. The van der Waals surface area contributed by atoms with Gasteiger partial charge in [0.15, 0.2) is 0 Å². The van der Waals surface area contributed by atoms with Crippen LogP contribution in [0, 0.1) is 0 Å². The van der Waals surface area contributed by atoms with Crippen LogP contribution in [0.4, 0.5) is 0 Å². The lowest BCUT2D eigenvalue weighted by atomic mass is 10.4. The summed E-state index contributed by atoms with van der Waals surface area (Å²) >= 11 is 0. The van der Waals surface area contributed by atoms with Crippen LogP contribution in [0.1, 0.15) is 5.82 Å². The van der Waals surface area contributed by atoms with E-state index in [1.807, 2.05) is 17.7 Å². The number of hydrogen-bond acceptors (Lipinski definition) is 3. The molecule has 2 rings (SSSR count). The molecule has 0 aliphatic rings. The number of rotatable bonds is 2. The van der Waals surface area contributed by atoms with Gasteiger partial charge in [0.1, 0.15) is 11.3 Å². The average Bonchev–Trinajstić information content (AvgIpc) is 2.46. The Morgan fingerprint density at radius 1 is 1.54 bits per heavy atom. The Kier molecular flexibility index (Phi) is 1.98. The molecule has 0 aliphatic heterocycles. The molecule has 2 heterocycles. The van der Waals surface area contributed by atoms with Crippen molar-refractivity contribution in [1.82, 2.24) is 14.5 Å². The highest BCUT2D eigenvalue weighted by atomic mass is 16.3. The van der Waals surface area contributed by atoms with Crippen molar-refractivity contribution in [1.29, 1.82) is 0 Å². The van der Waals surface area contributed by atoms with Crippen molar-refractivity contribution in [2.24, 2.45) is 7.05 Å². The number of aliphatic hydroxyl groups is 1. The van der Waals surface area contributed by atoms with Crippen molar-refractivity contribution in [2.45, 2.75) is 6.42 Å². The van der Waals surface area contributed by atoms with Crippen LogP contribution in [0.3, 0.4) is 0 Å². The second-order valence-electron chi connectivity index (χ2n) is 2.93. The highest BCUT2D eigenvalue weighted by molar-refractivity contribution is 5.74. The molecule has 1 N–H and O–H groups in total. The molecule has 0 saturated heterocycles. The number of hydrogen-bond donors (Lipinski definition) is 1. The van der Waals surface area contributed by atoms with Gasteiger partial charge in [0.25, 0.3) is 0 Å². The summed E-state index contributed by atoms with van der Waals surface area (Å²) in [7, 11) is 1.94. The normalized spacial score (nSPS) is 10.9. The molecule has 4 nitrogen and oxygen atoms in total. The Balaban J connectivity index is 2.60. The smallest absolute Gasteiger partial charge is 0.111 e. The number of aryl methyl sites for hydroxylation is 1. The van der Waals surface area contributed by atoms with E-state index in [1.165, 1.54) is 0 Å². The minimum atomic E-state index is 0.130. The first-order valence-electron chi connectivity index (χ1n) is 4.19. The minimum absolute atomic E-state index is 0.130. The predicted molar refractivity (Wildman–Crippen MR) is 49.3 cm³/mol. The van der Waals surface area contributed by atoms with Crippen molar-refractivity contribution in [3.05, 3.63) is 24.3 Å². The summed E-state index contributed by atoms with van der Waals surface area (Å²) in [5, 5.41) is 8.80. The van der Waals surface area contributed by atoms with Gasteiger partial charge < -0.3 is 9.67 Å². The molecule has 0 radical (unpaired) electrons. The zero-order chi connectivity index (χ0) is 9.26. The van der Waals surface area contributed by atoms with Crippen LogP contribution in [0.15, 0.2) is 18.5 Å². The molecule has 0 spiro atoms. The van der Waals surface area contributed by atoms with Gasteiger partial charge in [0, 0.05) is 19.7 Å². The predicted octanol–water partition coefficient (Wildman–Crippen LogP) is 0.503. The Morgan fingerprint density at radius 2 is 2.38 bits per heavy atom. The highest BCUT2D eigenvalue weighted by Gasteiger charge is 2.05. The molecule has 0 saturated carbocycles. The van der Waals surface area contributed by atoms with Gasteiger partial charge in [0.2, 0.25) is 0 Å². The van der Waals surface area contributed by atoms with Crippen molar-refractivity contribution >= 4 is 11.0 Å². The van der Waals surface area contributed by atoms with E-state index in [-0.39, 0.29) is 6.61 Å². The van der Waals surface area contributed by atoms with E-state index >= 15 is 0 Å². The zero-order valence-corrected chi connectivity index (χ0v) is 7.44. The second kappa shape index (κ2) is 3.14. The van der Waals surface area contributed by atoms with Crippen molar-refractivity contribution < 1.29 is 5.11 Å². The minimum Gasteiger partial charge on any atom is -0.396 e. The van der Waals surface area contributed by atoms with E-state index in [4.69, 9.17) is 5.11 Å². The molecule has 0 unspecified atom stereocenters. The first-order chi connectivity index (χ1) is 6.33. The van der Waals surface area contributed by atoms with Gasteiger partial charge in [-0.3, -0.25) is 4.98 Å². The fourth-order valence-electron chi connectivity index (χ4n) is 1.43. The van der Waals surface area contributed by atoms with Gasteiger partial charge in [-0.05, 0) is 6.07 Å². The van der Waals surface area contributed by atoms with Crippen LogP contribution in [0.2, 0.25) is 0 Å². The molecule has 0 aliphatic carbocycles. The molecule has 0 amide bonds.